The molecule has 0 saturated heterocycles. The molecule has 3 rings (SSSR count). The van der Waals surface area contributed by atoms with Crippen LogP contribution in [0.25, 0.3) is 0 Å². The SMILES string of the molecule is COc1ccc(OCC2CCCCC2c2ccccc2F)cn1. The van der Waals surface area contributed by atoms with Crippen LogP contribution in [-0.4, -0.2) is 18.7 Å². The molecule has 2 unspecified atom stereocenters. The monoisotopic (exact) mass is 315 g/mol. The number of pyridine rings is 1. The maximum absolute atomic E-state index is 14.1. The molecule has 2 aromatic rings. The maximum atomic E-state index is 14.1. The number of methoxy groups -OCH3 is 1. The molecule has 3 nitrogen and oxygen atoms in total. The summed E-state index contributed by atoms with van der Waals surface area (Å²) in [5.41, 5.74) is 0.827. The predicted molar refractivity (Wildman–Crippen MR) is 87.4 cm³/mol. The first-order valence-electron chi connectivity index (χ1n) is 8.15. The van der Waals surface area contributed by atoms with Crippen molar-refractivity contribution in [2.45, 2.75) is 31.6 Å². The van der Waals surface area contributed by atoms with Gasteiger partial charge in [-0.05, 0) is 42.4 Å². The van der Waals surface area contributed by atoms with Crippen molar-refractivity contribution >= 4 is 0 Å². The van der Waals surface area contributed by atoms with Gasteiger partial charge in [0.1, 0.15) is 11.6 Å². The summed E-state index contributed by atoms with van der Waals surface area (Å²) in [5.74, 6) is 1.76. The summed E-state index contributed by atoms with van der Waals surface area (Å²) in [4.78, 5) is 4.15. The Morgan fingerprint density at radius 1 is 1.13 bits per heavy atom. The first-order chi connectivity index (χ1) is 11.3. The van der Waals surface area contributed by atoms with Gasteiger partial charge in [-0.1, -0.05) is 31.0 Å². The van der Waals surface area contributed by atoms with E-state index < -0.39 is 0 Å². The normalized spacial score (nSPS) is 21.0. The quantitative estimate of drug-likeness (QED) is 0.809. The van der Waals surface area contributed by atoms with Crippen molar-refractivity contribution in [1.82, 2.24) is 4.98 Å². The van der Waals surface area contributed by atoms with Gasteiger partial charge in [0, 0.05) is 6.07 Å². The van der Waals surface area contributed by atoms with Gasteiger partial charge in [0.2, 0.25) is 5.88 Å². The van der Waals surface area contributed by atoms with E-state index in [1.54, 1.807) is 31.5 Å². The highest BCUT2D eigenvalue weighted by Crippen LogP contribution is 2.39. The number of hydrogen-bond donors (Lipinski definition) is 0. The lowest BCUT2D eigenvalue weighted by Crippen LogP contribution is -2.24. The van der Waals surface area contributed by atoms with Gasteiger partial charge in [-0.3, -0.25) is 0 Å². The third-order valence-corrected chi connectivity index (χ3v) is 4.60. The Morgan fingerprint density at radius 3 is 2.70 bits per heavy atom. The second-order valence-electron chi connectivity index (χ2n) is 6.02. The van der Waals surface area contributed by atoms with Crippen LogP contribution < -0.4 is 9.47 Å². The van der Waals surface area contributed by atoms with E-state index in [9.17, 15) is 4.39 Å². The van der Waals surface area contributed by atoms with Crippen LogP contribution in [0.15, 0.2) is 42.6 Å². The third-order valence-electron chi connectivity index (χ3n) is 4.60. The summed E-state index contributed by atoms with van der Waals surface area (Å²) in [7, 11) is 1.59. The fraction of sp³-hybridized carbons (Fsp3) is 0.421. The molecule has 122 valence electrons. The fourth-order valence-electron chi connectivity index (χ4n) is 3.37. The van der Waals surface area contributed by atoms with E-state index in [-0.39, 0.29) is 11.7 Å². The molecule has 1 aliphatic carbocycles. The zero-order chi connectivity index (χ0) is 16.1. The predicted octanol–water partition coefficient (Wildman–Crippen LogP) is 4.58. The minimum absolute atomic E-state index is 0.101. The molecule has 1 fully saturated rings. The maximum Gasteiger partial charge on any atom is 0.213 e. The molecule has 0 bridgehead atoms. The number of ether oxygens (including phenoxy) is 2. The molecular formula is C19H22FNO2. The van der Waals surface area contributed by atoms with Crippen LogP contribution in [-0.2, 0) is 0 Å². The summed E-state index contributed by atoms with van der Waals surface area (Å²) in [6.45, 7) is 0.590. The van der Waals surface area contributed by atoms with Crippen LogP contribution in [0, 0.1) is 11.7 Å². The first-order valence-corrected chi connectivity index (χ1v) is 8.15. The number of aromatic nitrogens is 1. The molecule has 0 spiro atoms. The van der Waals surface area contributed by atoms with Crippen LogP contribution in [0.2, 0.25) is 0 Å². The van der Waals surface area contributed by atoms with Crippen molar-refractivity contribution in [3.8, 4) is 11.6 Å². The zero-order valence-electron chi connectivity index (χ0n) is 13.4. The van der Waals surface area contributed by atoms with E-state index in [1.807, 2.05) is 18.2 Å². The molecule has 2 atom stereocenters. The molecule has 0 amide bonds. The number of rotatable bonds is 5. The lowest BCUT2D eigenvalue weighted by molar-refractivity contribution is 0.184. The Balaban J connectivity index is 1.68. The first kappa shape index (κ1) is 15.8. The second-order valence-corrected chi connectivity index (χ2v) is 6.02. The smallest absolute Gasteiger partial charge is 0.213 e. The van der Waals surface area contributed by atoms with Crippen molar-refractivity contribution in [3.63, 3.8) is 0 Å². The van der Waals surface area contributed by atoms with Crippen molar-refractivity contribution in [2.24, 2.45) is 5.92 Å². The Morgan fingerprint density at radius 2 is 1.96 bits per heavy atom. The Hall–Kier alpha value is -2.10. The Kier molecular flexibility index (Phi) is 5.11. The van der Waals surface area contributed by atoms with Gasteiger partial charge >= 0.3 is 0 Å². The van der Waals surface area contributed by atoms with E-state index in [2.05, 4.69) is 4.98 Å². The van der Waals surface area contributed by atoms with Crippen LogP contribution in [0.5, 0.6) is 11.6 Å². The van der Waals surface area contributed by atoms with E-state index in [4.69, 9.17) is 9.47 Å². The van der Waals surface area contributed by atoms with Crippen LogP contribution in [0.1, 0.15) is 37.2 Å². The number of hydrogen-bond acceptors (Lipinski definition) is 3. The summed E-state index contributed by atoms with van der Waals surface area (Å²) < 4.78 is 25.1. The van der Waals surface area contributed by atoms with E-state index in [0.717, 1.165) is 30.6 Å². The van der Waals surface area contributed by atoms with Gasteiger partial charge < -0.3 is 9.47 Å². The second kappa shape index (κ2) is 7.44. The summed E-state index contributed by atoms with van der Waals surface area (Å²) in [6, 6.07) is 10.8. The average molecular weight is 315 g/mol. The number of halogens is 1. The molecule has 1 saturated carbocycles. The van der Waals surface area contributed by atoms with Gasteiger partial charge in [-0.25, -0.2) is 9.37 Å². The lowest BCUT2D eigenvalue weighted by atomic mass is 9.75. The highest BCUT2D eigenvalue weighted by atomic mass is 19.1. The molecule has 0 aliphatic heterocycles. The summed E-state index contributed by atoms with van der Waals surface area (Å²) in [6.07, 6.45) is 6.09. The zero-order valence-corrected chi connectivity index (χ0v) is 13.4. The molecule has 1 aromatic heterocycles. The van der Waals surface area contributed by atoms with Crippen LogP contribution in [0.3, 0.4) is 0 Å². The van der Waals surface area contributed by atoms with Crippen LogP contribution in [0.4, 0.5) is 4.39 Å². The topological polar surface area (TPSA) is 31.4 Å². The molecular weight excluding hydrogens is 293 g/mol. The van der Waals surface area contributed by atoms with Gasteiger partial charge in [0.15, 0.2) is 0 Å². The Labute approximate surface area is 136 Å². The largest absolute Gasteiger partial charge is 0.492 e. The van der Waals surface area contributed by atoms with Gasteiger partial charge in [-0.2, -0.15) is 0 Å². The molecule has 0 N–H and O–H groups in total. The minimum Gasteiger partial charge on any atom is -0.492 e. The van der Waals surface area contributed by atoms with E-state index in [0.29, 0.717) is 18.4 Å². The molecule has 1 aliphatic rings. The number of benzene rings is 1. The highest BCUT2D eigenvalue weighted by Gasteiger charge is 2.28. The summed E-state index contributed by atoms with van der Waals surface area (Å²) in [5, 5.41) is 0. The highest BCUT2D eigenvalue weighted by molar-refractivity contribution is 5.24. The van der Waals surface area contributed by atoms with E-state index >= 15 is 0 Å². The van der Waals surface area contributed by atoms with Gasteiger partial charge in [0.25, 0.3) is 0 Å². The van der Waals surface area contributed by atoms with Crippen molar-refractivity contribution < 1.29 is 13.9 Å². The average Bonchev–Trinajstić information content (AvgIpc) is 2.61. The molecule has 4 heteroatoms. The lowest BCUT2D eigenvalue weighted by Gasteiger charge is -2.32. The molecule has 0 radical (unpaired) electrons. The summed E-state index contributed by atoms with van der Waals surface area (Å²) >= 11 is 0. The fourth-order valence-corrected chi connectivity index (χ4v) is 3.37. The Bertz CT molecular complexity index is 630. The van der Waals surface area contributed by atoms with E-state index in [1.165, 1.54) is 6.42 Å². The van der Waals surface area contributed by atoms with Gasteiger partial charge in [-0.15, -0.1) is 0 Å². The van der Waals surface area contributed by atoms with Crippen LogP contribution >= 0.6 is 0 Å². The standard InChI is InChI=1S/C19H22FNO2/c1-22-19-11-10-15(12-21-19)23-13-14-6-2-3-7-16(14)17-8-4-5-9-18(17)20/h4-5,8-12,14,16H,2-3,6-7,13H2,1H3. The van der Waals surface area contributed by atoms with Crippen molar-refractivity contribution in [2.75, 3.05) is 13.7 Å². The third kappa shape index (κ3) is 3.81. The molecule has 1 heterocycles. The van der Waals surface area contributed by atoms with Crippen molar-refractivity contribution in [3.05, 3.63) is 54.0 Å². The van der Waals surface area contributed by atoms with Gasteiger partial charge in [0.05, 0.1) is 19.9 Å². The molecule has 1 aromatic carbocycles. The number of nitrogens with zero attached hydrogens (tertiary/aromatic N) is 1. The molecule has 23 heavy (non-hydrogen) atoms. The minimum atomic E-state index is -0.101. The van der Waals surface area contributed by atoms with Crippen molar-refractivity contribution in [1.29, 1.82) is 0 Å².